The molecule has 3 aliphatic carbocycles. The molecule has 4 unspecified atom stereocenters. The second-order valence-corrected chi connectivity index (χ2v) is 7.80. The van der Waals surface area contributed by atoms with Crippen LogP contribution in [-0.4, -0.2) is 12.3 Å². The maximum Gasteiger partial charge on any atom is 0.132 e. The Hall–Kier alpha value is -0.400. The number of rotatable bonds is 3. The Labute approximate surface area is 134 Å². The van der Waals surface area contributed by atoms with Crippen molar-refractivity contribution in [2.75, 3.05) is 0 Å². The van der Waals surface area contributed by atoms with Crippen LogP contribution in [0.1, 0.15) is 77.6 Å². The lowest BCUT2D eigenvalue weighted by molar-refractivity contribution is 0.0973. The molecule has 4 atom stereocenters. The summed E-state index contributed by atoms with van der Waals surface area (Å²) in [6, 6.07) is 0. The van der Waals surface area contributed by atoms with Gasteiger partial charge in [0.05, 0.1) is 0 Å². The SMILES string of the molecule is CCC1CC[C](C2CC=C(C3CCC(F)C(F)C3)CC2)CC1. The first-order chi connectivity index (χ1) is 10.7. The summed E-state index contributed by atoms with van der Waals surface area (Å²) in [4.78, 5) is 0. The van der Waals surface area contributed by atoms with E-state index in [1.54, 1.807) is 5.92 Å². The van der Waals surface area contributed by atoms with Gasteiger partial charge in [-0.05, 0) is 87.9 Å². The molecule has 0 aromatic heterocycles. The molecule has 0 saturated heterocycles. The third-order valence-corrected chi connectivity index (χ3v) is 6.57. The zero-order chi connectivity index (χ0) is 15.5. The standard InChI is InChI=1S/C20H31F2/c1-2-14-3-5-15(6-4-14)16-7-9-17(10-8-16)18-11-12-19(21)20(22)13-18/h9,14,16,18-20H,2-8,10-13H2,1H3. The van der Waals surface area contributed by atoms with E-state index in [0.717, 1.165) is 31.1 Å². The zero-order valence-corrected chi connectivity index (χ0v) is 14.0. The van der Waals surface area contributed by atoms with E-state index in [1.807, 2.05) is 0 Å². The molecule has 0 amide bonds. The van der Waals surface area contributed by atoms with Gasteiger partial charge in [0.2, 0.25) is 0 Å². The molecule has 2 saturated carbocycles. The van der Waals surface area contributed by atoms with Crippen molar-refractivity contribution >= 4 is 0 Å². The van der Waals surface area contributed by atoms with Crippen LogP contribution in [0.3, 0.4) is 0 Å². The third kappa shape index (κ3) is 3.74. The van der Waals surface area contributed by atoms with Crippen LogP contribution in [0.4, 0.5) is 8.78 Å². The van der Waals surface area contributed by atoms with Crippen LogP contribution in [0.25, 0.3) is 0 Å². The minimum absolute atomic E-state index is 0.323. The fraction of sp³-hybridized carbons (Fsp3) is 0.850. The van der Waals surface area contributed by atoms with Gasteiger partial charge in [-0.25, -0.2) is 8.78 Å². The molecule has 0 bridgehead atoms. The smallest absolute Gasteiger partial charge is 0.132 e. The van der Waals surface area contributed by atoms with Crippen LogP contribution < -0.4 is 0 Å². The third-order valence-electron chi connectivity index (χ3n) is 6.57. The quantitative estimate of drug-likeness (QED) is 0.532. The monoisotopic (exact) mass is 309 g/mol. The molecule has 0 spiro atoms. The summed E-state index contributed by atoms with van der Waals surface area (Å²) in [7, 11) is 0. The lowest BCUT2D eigenvalue weighted by Gasteiger charge is -2.37. The molecular formula is C20H31F2. The summed E-state index contributed by atoms with van der Waals surface area (Å²) in [5.41, 5.74) is 1.44. The molecule has 2 heteroatoms. The van der Waals surface area contributed by atoms with Crippen LogP contribution in [-0.2, 0) is 0 Å². The van der Waals surface area contributed by atoms with Gasteiger partial charge in [0.1, 0.15) is 12.3 Å². The van der Waals surface area contributed by atoms with Crippen molar-refractivity contribution in [2.45, 2.75) is 89.9 Å². The number of halogens is 2. The van der Waals surface area contributed by atoms with Crippen LogP contribution in [0.5, 0.6) is 0 Å². The Morgan fingerprint density at radius 1 is 0.909 bits per heavy atom. The fourth-order valence-electron chi connectivity index (χ4n) is 4.88. The number of alkyl halides is 2. The Balaban J connectivity index is 1.50. The second kappa shape index (κ2) is 7.45. The first-order valence-electron chi connectivity index (χ1n) is 9.49. The first kappa shape index (κ1) is 16.5. The van der Waals surface area contributed by atoms with E-state index in [2.05, 4.69) is 13.0 Å². The van der Waals surface area contributed by atoms with Crippen molar-refractivity contribution in [3.8, 4) is 0 Å². The van der Waals surface area contributed by atoms with E-state index in [4.69, 9.17) is 0 Å². The van der Waals surface area contributed by atoms with Gasteiger partial charge in [-0.15, -0.1) is 0 Å². The van der Waals surface area contributed by atoms with Gasteiger partial charge < -0.3 is 0 Å². The Morgan fingerprint density at radius 2 is 1.68 bits per heavy atom. The highest BCUT2D eigenvalue weighted by molar-refractivity contribution is 5.16. The summed E-state index contributed by atoms with van der Waals surface area (Å²) < 4.78 is 26.9. The van der Waals surface area contributed by atoms with E-state index in [1.165, 1.54) is 44.1 Å². The van der Waals surface area contributed by atoms with Crippen molar-refractivity contribution in [3.05, 3.63) is 17.6 Å². The molecule has 22 heavy (non-hydrogen) atoms. The number of hydrogen-bond donors (Lipinski definition) is 0. The van der Waals surface area contributed by atoms with Gasteiger partial charge >= 0.3 is 0 Å². The Kier molecular flexibility index (Phi) is 5.57. The van der Waals surface area contributed by atoms with Crippen LogP contribution in [0.15, 0.2) is 11.6 Å². The highest BCUT2D eigenvalue weighted by Gasteiger charge is 2.34. The predicted molar refractivity (Wildman–Crippen MR) is 88.0 cm³/mol. The van der Waals surface area contributed by atoms with Gasteiger partial charge in [0.15, 0.2) is 0 Å². The van der Waals surface area contributed by atoms with Gasteiger partial charge in [0.25, 0.3) is 0 Å². The average molecular weight is 309 g/mol. The van der Waals surface area contributed by atoms with E-state index in [9.17, 15) is 8.78 Å². The van der Waals surface area contributed by atoms with Crippen LogP contribution in [0, 0.1) is 23.7 Å². The molecule has 3 rings (SSSR count). The first-order valence-corrected chi connectivity index (χ1v) is 9.49. The molecule has 1 radical (unpaired) electrons. The van der Waals surface area contributed by atoms with Crippen molar-refractivity contribution < 1.29 is 8.78 Å². The lowest BCUT2D eigenvalue weighted by Crippen LogP contribution is -2.29. The van der Waals surface area contributed by atoms with Gasteiger partial charge in [-0.3, -0.25) is 0 Å². The Morgan fingerprint density at radius 3 is 2.27 bits per heavy atom. The minimum Gasteiger partial charge on any atom is -0.244 e. The topological polar surface area (TPSA) is 0 Å². The van der Waals surface area contributed by atoms with Crippen molar-refractivity contribution in [2.24, 2.45) is 17.8 Å². The summed E-state index contributed by atoms with van der Waals surface area (Å²) in [6.45, 7) is 2.32. The van der Waals surface area contributed by atoms with Gasteiger partial charge in [-0.1, -0.05) is 25.0 Å². The van der Waals surface area contributed by atoms with E-state index >= 15 is 0 Å². The predicted octanol–water partition coefficient (Wildman–Crippen LogP) is 6.36. The molecule has 0 aromatic carbocycles. The molecular weight excluding hydrogens is 278 g/mol. The average Bonchev–Trinajstić information content (AvgIpc) is 2.58. The second-order valence-electron chi connectivity index (χ2n) is 7.80. The molecule has 0 N–H and O–H groups in total. The summed E-state index contributed by atoms with van der Waals surface area (Å²) >= 11 is 0. The minimum atomic E-state index is -1.23. The van der Waals surface area contributed by atoms with E-state index < -0.39 is 12.3 Å². The maximum absolute atomic E-state index is 13.6. The molecule has 3 aliphatic rings. The van der Waals surface area contributed by atoms with Crippen molar-refractivity contribution in [1.82, 2.24) is 0 Å². The van der Waals surface area contributed by atoms with Gasteiger partial charge in [-0.2, -0.15) is 0 Å². The zero-order valence-electron chi connectivity index (χ0n) is 14.0. The number of allylic oxidation sites excluding steroid dienone is 2. The molecule has 2 fully saturated rings. The highest BCUT2D eigenvalue weighted by Crippen LogP contribution is 2.44. The molecule has 0 nitrogen and oxygen atoms in total. The summed E-state index contributed by atoms with van der Waals surface area (Å²) in [5, 5.41) is 0. The summed E-state index contributed by atoms with van der Waals surface area (Å²) in [6.07, 6.45) is 12.0. The van der Waals surface area contributed by atoms with Crippen molar-refractivity contribution in [3.63, 3.8) is 0 Å². The van der Waals surface area contributed by atoms with E-state index in [-0.39, 0.29) is 0 Å². The molecule has 125 valence electrons. The Bertz CT molecular complexity index is 381. The lowest BCUT2D eigenvalue weighted by atomic mass is 9.69. The van der Waals surface area contributed by atoms with Crippen molar-refractivity contribution in [1.29, 1.82) is 0 Å². The molecule has 0 heterocycles. The van der Waals surface area contributed by atoms with Crippen LogP contribution in [0.2, 0.25) is 0 Å². The number of hydrogen-bond acceptors (Lipinski definition) is 0. The maximum atomic E-state index is 13.6. The van der Waals surface area contributed by atoms with E-state index in [0.29, 0.717) is 18.8 Å². The van der Waals surface area contributed by atoms with Crippen LogP contribution >= 0.6 is 0 Å². The fourth-order valence-corrected chi connectivity index (χ4v) is 4.88. The largest absolute Gasteiger partial charge is 0.244 e. The van der Waals surface area contributed by atoms with Gasteiger partial charge in [0, 0.05) is 0 Å². The normalized spacial score (nSPS) is 38.8. The highest BCUT2D eigenvalue weighted by atomic mass is 19.2. The molecule has 0 aliphatic heterocycles. The molecule has 0 aromatic rings. The summed E-state index contributed by atoms with van der Waals surface area (Å²) in [5.74, 6) is 3.86.